The molecule has 1 rings (SSSR count). The minimum absolute atomic E-state index is 0.0526. The van der Waals surface area contributed by atoms with Crippen molar-refractivity contribution in [3.63, 3.8) is 0 Å². The second-order valence-electron chi connectivity index (χ2n) is 4.80. The van der Waals surface area contributed by atoms with Gasteiger partial charge in [-0.2, -0.15) is 0 Å². The number of aliphatic carboxylic acids is 1. The summed E-state index contributed by atoms with van der Waals surface area (Å²) in [6.45, 7) is 3.99. The van der Waals surface area contributed by atoms with Crippen LogP contribution in [0.1, 0.15) is 24.2 Å². The van der Waals surface area contributed by atoms with Crippen molar-refractivity contribution in [2.24, 2.45) is 0 Å². The Bertz CT molecular complexity index is 469. The SMILES string of the molecule is COCCN(CC(=O)O)C(=O)c1ccc(OC(C)C)cc1. The quantitative estimate of drug-likeness (QED) is 0.789. The van der Waals surface area contributed by atoms with E-state index in [1.54, 1.807) is 24.3 Å². The average molecular weight is 295 g/mol. The predicted octanol–water partition coefficient (Wildman–Crippen LogP) is 1.65. The number of hydrogen-bond acceptors (Lipinski definition) is 4. The molecule has 0 aliphatic carbocycles. The van der Waals surface area contributed by atoms with Gasteiger partial charge in [0.15, 0.2) is 0 Å². The molecule has 1 aromatic carbocycles. The maximum atomic E-state index is 12.3. The van der Waals surface area contributed by atoms with Gasteiger partial charge in [0.1, 0.15) is 12.3 Å². The number of carbonyl (C=O) groups excluding carboxylic acids is 1. The molecule has 0 aliphatic heterocycles. The lowest BCUT2D eigenvalue weighted by molar-refractivity contribution is -0.137. The molecule has 0 heterocycles. The number of nitrogens with zero attached hydrogens (tertiary/aromatic N) is 1. The van der Waals surface area contributed by atoms with Crippen molar-refractivity contribution in [1.82, 2.24) is 4.90 Å². The standard InChI is InChI=1S/C15H21NO5/c1-11(2)21-13-6-4-12(5-7-13)15(19)16(8-9-20-3)10-14(17)18/h4-7,11H,8-10H2,1-3H3,(H,17,18). The summed E-state index contributed by atoms with van der Waals surface area (Å²) in [5, 5.41) is 8.87. The first-order valence-corrected chi connectivity index (χ1v) is 6.70. The van der Waals surface area contributed by atoms with Crippen LogP contribution in [0.25, 0.3) is 0 Å². The second-order valence-corrected chi connectivity index (χ2v) is 4.80. The van der Waals surface area contributed by atoms with Crippen LogP contribution in [0.5, 0.6) is 5.75 Å². The van der Waals surface area contributed by atoms with Crippen molar-refractivity contribution in [3.8, 4) is 5.75 Å². The van der Waals surface area contributed by atoms with Gasteiger partial charge in [-0.25, -0.2) is 0 Å². The Balaban J connectivity index is 2.79. The Morgan fingerprint density at radius 1 is 1.24 bits per heavy atom. The molecule has 6 heteroatoms. The van der Waals surface area contributed by atoms with Crippen LogP contribution in [0.15, 0.2) is 24.3 Å². The van der Waals surface area contributed by atoms with E-state index in [2.05, 4.69) is 0 Å². The van der Waals surface area contributed by atoms with E-state index in [0.29, 0.717) is 11.3 Å². The first kappa shape index (κ1) is 17.0. The monoisotopic (exact) mass is 295 g/mol. The van der Waals surface area contributed by atoms with E-state index in [9.17, 15) is 9.59 Å². The third-order valence-electron chi connectivity index (χ3n) is 2.65. The summed E-state index contributed by atoms with van der Waals surface area (Å²) in [4.78, 5) is 24.4. The van der Waals surface area contributed by atoms with E-state index in [4.69, 9.17) is 14.6 Å². The molecule has 0 unspecified atom stereocenters. The molecule has 116 valence electrons. The van der Waals surface area contributed by atoms with E-state index in [-0.39, 0.29) is 31.7 Å². The first-order chi connectivity index (χ1) is 9.93. The number of amides is 1. The molecule has 0 bridgehead atoms. The summed E-state index contributed by atoms with van der Waals surface area (Å²) >= 11 is 0. The lowest BCUT2D eigenvalue weighted by Gasteiger charge is -2.20. The summed E-state index contributed by atoms with van der Waals surface area (Å²) in [5.41, 5.74) is 0.420. The molecule has 0 fully saturated rings. The number of carbonyl (C=O) groups is 2. The fraction of sp³-hybridized carbons (Fsp3) is 0.467. The molecule has 0 atom stereocenters. The molecule has 21 heavy (non-hydrogen) atoms. The molecule has 0 aromatic heterocycles. The van der Waals surface area contributed by atoms with E-state index >= 15 is 0 Å². The van der Waals surface area contributed by atoms with Gasteiger partial charge >= 0.3 is 5.97 Å². The molecule has 1 amide bonds. The van der Waals surface area contributed by atoms with Crippen LogP contribution < -0.4 is 4.74 Å². The van der Waals surface area contributed by atoms with Crippen LogP contribution in [0.4, 0.5) is 0 Å². The largest absolute Gasteiger partial charge is 0.491 e. The topological polar surface area (TPSA) is 76.1 Å². The Morgan fingerprint density at radius 2 is 1.86 bits per heavy atom. The van der Waals surface area contributed by atoms with Gasteiger partial charge in [0, 0.05) is 19.2 Å². The van der Waals surface area contributed by atoms with Crippen molar-refractivity contribution in [2.45, 2.75) is 20.0 Å². The Labute approximate surface area is 124 Å². The van der Waals surface area contributed by atoms with Crippen LogP contribution in [0.2, 0.25) is 0 Å². The van der Waals surface area contributed by atoms with Gasteiger partial charge in [-0.1, -0.05) is 0 Å². The fourth-order valence-electron chi connectivity index (χ4n) is 1.75. The average Bonchev–Trinajstić information content (AvgIpc) is 2.42. The van der Waals surface area contributed by atoms with Crippen molar-refractivity contribution in [3.05, 3.63) is 29.8 Å². The van der Waals surface area contributed by atoms with Crippen LogP contribution >= 0.6 is 0 Å². The minimum atomic E-state index is -1.06. The first-order valence-electron chi connectivity index (χ1n) is 6.70. The van der Waals surface area contributed by atoms with Crippen LogP contribution in [-0.4, -0.2) is 54.8 Å². The number of carboxylic acids is 1. The van der Waals surface area contributed by atoms with Gasteiger partial charge in [0.25, 0.3) is 5.91 Å². The number of methoxy groups -OCH3 is 1. The van der Waals surface area contributed by atoms with E-state index in [1.165, 1.54) is 12.0 Å². The van der Waals surface area contributed by atoms with Crippen molar-refractivity contribution in [2.75, 3.05) is 26.8 Å². The molecule has 6 nitrogen and oxygen atoms in total. The van der Waals surface area contributed by atoms with E-state index < -0.39 is 5.97 Å². The number of hydrogen-bond donors (Lipinski definition) is 1. The highest BCUT2D eigenvalue weighted by atomic mass is 16.5. The molecule has 0 radical (unpaired) electrons. The number of carboxylic acid groups (broad SMARTS) is 1. The van der Waals surface area contributed by atoms with Crippen LogP contribution in [0, 0.1) is 0 Å². The maximum absolute atomic E-state index is 12.3. The maximum Gasteiger partial charge on any atom is 0.323 e. The molecule has 1 aromatic rings. The number of ether oxygens (including phenoxy) is 2. The van der Waals surface area contributed by atoms with Gasteiger partial charge in [-0.15, -0.1) is 0 Å². The molecule has 0 spiro atoms. The van der Waals surface area contributed by atoms with Gasteiger partial charge in [0.2, 0.25) is 0 Å². The normalized spacial score (nSPS) is 10.5. The Hall–Kier alpha value is -2.08. The van der Waals surface area contributed by atoms with E-state index in [1.807, 2.05) is 13.8 Å². The highest BCUT2D eigenvalue weighted by Crippen LogP contribution is 2.15. The van der Waals surface area contributed by atoms with Gasteiger partial charge < -0.3 is 19.5 Å². The lowest BCUT2D eigenvalue weighted by atomic mass is 10.2. The van der Waals surface area contributed by atoms with Crippen LogP contribution in [0.3, 0.4) is 0 Å². The third-order valence-corrected chi connectivity index (χ3v) is 2.65. The zero-order chi connectivity index (χ0) is 15.8. The Kier molecular flexibility index (Phi) is 6.68. The highest BCUT2D eigenvalue weighted by Gasteiger charge is 2.18. The summed E-state index contributed by atoms with van der Waals surface area (Å²) in [7, 11) is 1.50. The van der Waals surface area contributed by atoms with Gasteiger partial charge in [0.05, 0.1) is 12.7 Å². The smallest absolute Gasteiger partial charge is 0.323 e. The zero-order valence-corrected chi connectivity index (χ0v) is 12.5. The summed E-state index contributed by atoms with van der Waals surface area (Å²) in [6.07, 6.45) is 0.0526. The molecular formula is C15H21NO5. The fourth-order valence-corrected chi connectivity index (χ4v) is 1.75. The third kappa shape index (κ3) is 5.83. The Morgan fingerprint density at radius 3 is 2.33 bits per heavy atom. The second kappa shape index (κ2) is 8.26. The highest BCUT2D eigenvalue weighted by molar-refractivity contribution is 5.95. The predicted molar refractivity (Wildman–Crippen MR) is 77.6 cm³/mol. The number of rotatable bonds is 8. The van der Waals surface area contributed by atoms with Crippen molar-refractivity contribution >= 4 is 11.9 Å². The molecule has 0 saturated carbocycles. The molecule has 1 N–H and O–H groups in total. The molecule has 0 aliphatic rings. The summed E-state index contributed by atoms with van der Waals surface area (Å²) < 4.78 is 10.4. The van der Waals surface area contributed by atoms with Crippen molar-refractivity contribution < 1.29 is 24.2 Å². The summed E-state index contributed by atoms with van der Waals surface area (Å²) in [6, 6.07) is 6.65. The minimum Gasteiger partial charge on any atom is -0.491 e. The number of benzene rings is 1. The zero-order valence-electron chi connectivity index (χ0n) is 12.5. The summed E-state index contributed by atoms with van der Waals surface area (Å²) in [5.74, 6) is -0.729. The van der Waals surface area contributed by atoms with Gasteiger partial charge in [-0.05, 0) is 38.1 Å². The molecule has 0 saturated heterocycles. The van der Waals surface area contributed by atoms with Crippen LogP contribution in [-0.2, 0) is 9.53 Å². The van der Waals surface area contributed by atoms with E-state index in [0.717, 1.165) is 0 Å². The lowest BCUT2D eigenvalue weighted by Crippen LogP contribution is -2.38. The van der Waals surface area contributed by atoms with Gasteiger partial charge in [-0.3, -0.25) is 9.59 Å². The van der Waals surface area contributed by atoms with Crippen molar-refractivity contribution in [1.29, 1.82) is 0 Å². The molecular weight excluding hydrogens is 274 g/mol.